The Morgan fingerprint density at radius 1 is 1.12 bits per heavy atom. The Kier molecular flexibility index (Phi) is 10.1. The Labute approximate surface area is 250 Å². The minimum absolute atomic E-state index is 0.0186. The van der Waals surface area contributed by atoms with Crippen LogP contribution in [0, 0.1) is 11.8 Å². The molecule has 3 heterocycles. The normalized spacial score (nSPS) is 28.8. The lowest BCUT2D eigenvalue weighted by atomic mass is 9.66. The van der Waals surface area contributed by atoms with Crippen LogP contribution in [-0.2, 0) is 14.4 Å². The van der Waals surface area contributed by atoms with Crippen LogP contribution in [0.25, 0.3) is 0 Å². The highest BCUT2D eigenvalue weighted by Crippen LogP contribution is 2.71. The molecule has 8 heteroatoms. The predicted molar refractivity (Wildman–Crippen MR) is 167 cm³/mol. The molecule has 1 N–H and O–H groups in total. The third kappa shape index (κ3) is 5.62. The van der Waals surface area contributed by atoms with Gasteiger partial charge in [-0.3, -0.25) is 14.4 Å². The lowest BCUT2D eigenvalue weighted by Crippen LogP contribution is -2.56. The lowest BCUT2D eigenvalue weighted by Gasteiger charge is -2.39. The maximum Gasteiger partial charge on any atom is 0.247 e. The van der Waals surface area contributed by atoms with Crippen molar-refractivity contribution in [3.8, 4) is 0 Å². The first-order valence-electron chi connectivity index (χ1n) is 15.2. The van der Waals surface area contributed by atoms with E-state index in [-0.39, 0.29) is 30.4 Å². The Bertz CT molecular complexity index is 1130. The summed E-state index contributed by atoms with van der Waals surface area (Å²) in [6.45, 7) is 15.4. The van der Waals surface area contributed by atoms with Crippen LogP contribution in [-0.4, -0.2) is 80.4 Å². The molecule has 3 unspecified atom stereocenters. The number of carbonyl (C=O) groups excluding carboxylic acids is 3. The highest BCUT2D eigenvalue weighted by molar-refractivity contribution is 8.02. The second-order valence-electron chi connectivity index (χ2n) is 12.0. The maximum absolute atomic E-state index is 14.6. The Balaban J connectivity index is 1.76. The van der Waals surface area contributed by atoms with Crippen LogP contribution < -0.4 is 4.90 Å². The molecular weight excluding hydrogens is 534 g/mol. The predicted octanol–water partition coefficient (Wildman–Crippen LogP) is 5.05. The summed E-state index contributed by atoms with van der Waals surface area (Å²) < 4.78 is -1.09. The molecule has 7 nitrogen and oxygen atoms in total. The van der Waals surface area contributed by atoms with E-state index in [0.29, 0.717) is 32.5 Å². The van der Waals surface area contributed by atoms with Crippen LogP contribution in [0.4, 0.5) is 5.69 Å². The number of fused-ring (bicyclic) bond motifs is 1. The standard InChI is InChI=1S/C33H47N3O4S/c1-6-15-24(4)34(20-7-2)31(40)28-33-19-18-32(5,41-33)26(27(33)30(39)36(28)22-13-10-14-23-37)29(38)35(21-8-3)25-16-11-9-12-17-25/h7-9,11-12,16-17,24,26-28,37H,2-3,6,10,13-15,18-23H2,1,4-5H3/t24?,26-,27-,28?,32+,33?/m0/s1. The fourth-order valence-corrected chi connectivity index (χ4v) is 9.82. The van der Waals surface area contributed by atoms with E-state index in [4.69, 9.17) is 0 Å². The Hall–Kier alpha value is -2.58. The van der Waals surface area contributed by atoms with E-state index in [1.54, 1.807) is 33.7 Å². The average Bonchev–Trinajstić information content (AvgIpc) is 3.53. The lowest BCUT2D eigenvalue weighted by molar-refractivity contribution is -0.144. The molecule has 3 saturated heterocycles. The number of likely N-dealkylation sites (tertiary alicyclic amines) is 1. The van der Waals surface area contributed by atoms with E-state index in [9.17, 15) is 19.5 Å². The maximum atomic E-state index is 14.6. The van der Waals surface area contributed by atoms with Gasteiger partial charge in [-0.2, -0.15) is 0 Å². The molecule has 1 aromatic carbocycles. The first-order chi connectivity index (χ1) is 19.7. The van der Waals surface area contributed by atoms with Gasteiger partial charge in [-0.1, -0.05) is 43.7 Å². The summed E-state index contributed by atoms with van der Waals surface area (Å²) in [6.07, 6.45) is 8.96. The number of rotatable bonds is 15. The summed E-state index contributed by atoms with van der Waals surface area (Å²) >= 11 is 1.72. The molecule has 4 rings (SSSR count). The highest BCUT2D eigenvalue weighted by Gasteiger charge is 2.77. The van der Waals surface area contributed by atoms with E-state index in [1.165, 1.54) is 0 Å². The molecule has 3 fully saturated rings. The third-order valence-corrected chi connectivity index (χ3v) is 11.3. The van der Waals surface area contributed by atoms with Crippen LogP contribution >= 0.6 is 11.8 Å². The van der Waals surface area contributed by atoms with Crippen molar-refractivity contribution in [2.45, 2.75) is 87.3 Å². The summed E-state index contributed by atoms with van der Waals surface area (Å²) in [4.78, 5) is 49.0. The molecule has 0 aliphatic carbocycles. The average molecular weight is 582 g/mol. The molecule has 41 heavy (non-hydrogen) atoms. The van der Waals surface area contributed by atoms with E-state index in [2.05, 4.69) is 33.9 Å². The number of unbranched alkanes of at least 4 members (excludes halogenated alkanes) is 2. The molecular formula is C33H47N3O4S. The molecule has 1 aromatic rings. The molecule has 224 valence electrons. The number of hydrogen-bond donors (Lipinski definition) is 1. The molecule has 2 bridgehead atoms. The zero-order valence-electron chi connectivity index (χ0n) is 25.0. The van der Waals surface area contributed by atoms with Gasteiger partial charge >= 0.3 is 0 Å². The quantitative estimate of drug-likeness (QED) is 0.232. The van der Waals surface area contributed by atoms with Gasteiger partial charge in [0.25, 0.3) is 0 Å². The summed E-state index contributed by atoms with van der Waals surface area (Å²) in [5.41, 5.74) is 0.785. The summed E-state index contributed by atoms with van der Waals surface area (Å²) in [5.74, 6) is -1.27. The number of carbonyl (C=O) groups is 3. The van der Waals surface area contributed by atoms with Gasteiger partial charge in [0.2, 0.25) is 17.7 Å². The molecule has 0 aromatic heterocycles. The summed E-state index contributed by atoms with van der Waals surface area (Å²) in [7, 11) is 0. The fraction of sp³-hybridized carbons (Fsp3) is 0.606. The van der Waals surface area contributed by atoms with Gasteiger partial charge in [-0.25, -0.2) is 0 Å². The van der Waals surface area contributed by atoms with Crippen molar-refractivity contribution in [1.82, 2.24) is 9.80 Å². The number of para-hydroxylation sites is 1. The van der Waals surface area contributed by atoms with E-state index in [1.807, 2.05) is 35.2 Å². The van der Waals surface area contributed by atoms with Crippen molar-refractivity contribution in [2.24, 2.45) is 11.8 Å². The van der Waals surface area contributed by atoms with Gasteiger partial charge in [0.05, 0.1) is 16.6 Å². The van der Waals surface area contributed by atoms with E-state index < -0.39 is 27.4 Å². The van der Waals surface area contributed by atoms with Crippen molar-refractivity contribution >= 4 is 35.2 Å². The topological polar surface area (TPSA) is 81.2 Å². The molecule has 0 saturated carbocycles. The zero-order valence-corrected chi connectivity index (χ0v) is 25.8. The van der Waals surface area contributed by atoms with Crippen LogP contribution in [0.5, 0.6) is 0 Å². The second kappa shape index (κ2) is 13.2. The van der Waals surface area contributed by atoms with Crippen LogP contribution in [0.1, 0.15) is 65.7 Å². The van der Waals surface area contributed by atoms with Crippen molar-refractivity contribution in [3.63, 3.8) is 0 Å². The minimum atomic E-state index is -0.651. The fourth-order valence-electron chi connectivity index (χ4n) is 7.48. The van der Waals surface area contributed by atoms with E-state index in [0.717, 1.165) is 37.8 Å². The molecule has 0 radical (unpaired) electrons. The highest BCUT2D eigenvalue weighted by atomic mass is 32.2. The number of nitrogens with zero attached hydrogens (tertiary/aromatic N) is 3. The molecule has 3 amide bonds. The van der Waals surface area contributed by atoms with E-state index >= 15 is 0 Å². The van der Waals surface area contributed by atoms with Crippen LogP contribution in [0.3, 0.4) is 0 Å². The number of benzene rings is 1. The van der Waals surface area contributed by atoms with Crippen LogP contribution in [0.15, 0.2) is 55.6 Å². The number of hydrogen-bond acceptors (Lipinski definition) is 5. The van der Waals surface area contributed by atoms with Crippen molar-refractivity contribution in [1.29, 1.82) is 0 Å². The van der Waals surface area contributed by atoms with Crippen LogP contribution in [0.2, 0.25) is 0 Å². The van der Waals surface area contributed by atoms with Gasteiger partial charge in [0.1, 0.15) is 6.04 Å². The number of aliphatic hydroxyl groups is 1. The number of anilines is 1. The molecule has 3 aliphatic heterocycles. The third-order valence-electron chi connectivity index (χ3n) is 9.33. The monoisotopic (exact) mass is 581 g/mol. The minimum Gasteiger partial charge on any atom is -0.396 e. The van der Waals surface area contributed by atoms with Gasteiger partial charge < -0.3 is 19.8 Å². The van der Waals surface area contributed by atoms with Crippen molar-refractivity contribution in [2.75, 3.05) is 31.1 Å². The van der Waals surface area contributed by atoms with Crippen molar-refractivity contribution < 1.29 is 19.5 Å². The Morgan fingerprint density at radius 2 is 1.83 bits per heavy atom. The second-order valence-corrected chi connectivity index (χ2v) is 13.9. The van der Waals surface area contributed by atoms with Gasteiger partial charge in [0, 0.05) is 42.7 Å². The molecule has 6 atom stereocenters. The largest absolute Gasteiger partial charge is 0.396 e. The first kappa shape index (κ1) is 31.4. The van der Waals surface area contributed by atoms with Crippen molar-refractivity contribution in [3.05, 3.63) is 55.6 Å². The summed E-state index contributed by atoms with van der Waals surface area (Å²) in [6, 6.07) is 8.97. The molecule has 3 aliphatic rings. The number of thioether (sulfide) groups is 1. The number of amides is 3. The first-order valence-corrected chi connectivity index (χ1v) is 16.0. The number of aliphatic hydroxyl groups excluding tert-OH is 1. The summed E-state index contributed by atoms with van der Waals surface area (Å²) in [5, 5.41) is 9.32. The molecule has 1 spiro atoms. The van der Waals surface area contributed by atoms with Gasteiger partial charge in [0.15, 0.2) is 0 Å². The van der Waals surface area contributed by atoms with Gasteiger partial charge in [-0.05, 0) is 64.5 Å². The smallest absolute Gasteiger partial charge is 0.247 e. The zero-order chi connectivity index (χ0) is 29.8. The SMILES string of the molecule is C=CCN(C(=O)[C@@H]1[C@H]2C(=O)N(CCCCCO)C(C(=O)N(CC=C)C(C)CCC)C23CC[C@@]1(C)S3)c1ccccc1. The Morgan fingerprint density at radius 3 is 2.46 bits per heavy atom. The van der Waals surface area contributed by atoms with Gasteiger partial charge in [-0.15, -0.1) is 24.9 Å².